The molecule has 0 aliphatic carbocycles. The van der Waals surface area contributed by atoms with E-state index in [9.17, 15) is 8.78 Å². The molecule has 0 radical (unpaired) electrons. The van der Waals surface area contributed by atoms with E-state index in [1.807, 2.05) is 0 Å². The van der Waals surface area contributed by atoms with Gasteiger partial charge in [0.25, 0.3) is 0 Å². The van der Waals surface area contributed by atoms with E-state index in [0.29, 0.717) is 23.6 Å². The highest BCUT2D eigenvalue weighted by atomic mass is 19.2. The zero-order valence-corrected chi connectivity index (χ0v) is 10.8. The summed E-state index contributed by atoms with van der Waals surface area (Å²) in [5, 5.41) is 3.66. The van der Waals surface area contributed by atoms with Crippen LogP contribution < -0.4 is 5.32 Å². The quantitative estimate of drug-likeness (QED) is 0.900. The second kappa shape index (κ2) is 5.06. The Kier molecular flexibility index (Phi) is 3.66. The van der Waals surface area contributed by atoms with E-state index in [4.69, 9.17) is 4.42 Å². The van der Waals surface area contributed by atoms with E-state index < -0.39 is 11.6 Å². The molecule has 0 aliphatic heterocycles. The fourth-order valence-electron chi connectivity index (χ4n) is 2.14. The van der Waals surface area contributed by atoms with Crippen molar-refractivity contribution in [3.05, 3.63) is 35.1 Å². The molecule has 2 nitrogen and oxygen atoms in total. The molecule has 4 heteroatoms. The average Bonchev–Trinajstić information content (AvgIpc) is 2.63. The molecule has 0 fully saturated rings. The third-order valence-corrected chi connectivity index (χ3v) is 2.89. The zero-order chi connectivity index (χ0) is 13.3. The molecule has 1 aromatic carbocycles. The van der Waals surface area contributed by atoms with Crippen molar-refractivity contribution >= 4 is 11.0 Å². The van der Waals surface area contributed by atoms with E-state index in [-0.39, 0.29) is 5.58 Å². The molecule has 98 valence electrons. The maximum Gasteiger partial charge on any atom is 0.201 e. The maximum atomic E-state index is 13.7. The molecule has 2 rings (SSSR count). The maximum absolute atomic E-state index is 13.7. The second-order valence-corrected chi connectivity index (χ2v) is 4.87. The molecule has 0 atom stereocenters. The van der Waals surface area contributed by atoms with Gasteiger partial charge in [0.1, 0.15) is 5.76 Å². The van der Waals surface area contributed by atoms with Crippen molar-refractivity contribution in [3.63, 3.8) is 0 Å². The molecule has 0 spiro atoms. The van der Waals surface area contributed by atoms with Gasteiger partial charge in [-0.15, -0.1) is 0 Å². The standard InChI is InChI=1S/C14H17F2NO/c1-8(2)6-10-9-4-5-11(15)13(16)14(9)18-12(10)7-17-3/h4-5,8,17H,6-7H2,1-3H3. The first kappa shape index (κ1) is 13.0. The Morgan fingerprint density at radius 3 is 2.61 bits per heavy atom. The van der Waals surface area contributed by atoms with E-state index in [1.165, 1.54) is 0 Å². The van der Waals surface area contributed by atoms with Gasteiger partial charge in [-0.05, 0) is 31.5 Å². The molecule has 0 unspecified atom stereocenters. The Morgan fingerprint density at radius 1 is 1.28 bits per heavy atom. The minimum atomic E-state index is -0.903. The normalized spacial score (nSPS) is 11.7. The summed E-state index contributed by atoms with van der Waals surface area (Å²) >= 11 is 0. The number of furan rings is 1. The van der Waals surface area contributed by atoms with Crippen molar-refractivity contribution in [1.29, 1.82) is 0 Å². The number of hydrogen-bond donors (Lipinski definition) is 1. The summed E-state index contributed by atoms with van der Waals surface area (Å²) < 4.78 is 32.3. The zero-order valence-electron chi connectivity index (χ0n) is 10.8. The van der Waals surface area contributed by atoms with Crippen molar-refractivity contribution in [2.24, 2.45) is 5.92 Å². The predicted molar refractivity (Wildman–Crippen MR) is 67.4 cm³/mol. The van der Waals surface area contributed by atoms with Gasteiger partial charge in [-0.3, -0.25) is 0 Å². The van der Waals surface area contributed by atoms with Gasteiger partial charge in [-0.25, -0.2) is 4.39 Å². The Hall–Kier alpha value is -1.42. The Bertz CT molecular complexity index is 560. The van der Waals surface area contributed by atoms with Crippen LogP contribution in [-0.4, -0.2) is 7.05 Å². The fourth-order valence-corrected chi connectivity index (χ4v) is 2.14. The minimum Gasteiger partial charge on any atom is -0.456 e. The van der Waals surface area contributed by atoms with Crippen molar-refractivity contribution < 1.29 is 13.2 Å². The number of hydrogen-bond acceptors (Lipinski definition) is 2. The Morgan fingerprint density at radius 2 is 2.00 bits per heavy atom. The van der Waals surface area contributed by atoms with Gasteiger partial charge < -0.3 is 9.73 Å². The van der Waals surface area contributed by atoms with Gasteiger partial charge in [-0.2, -0.15) is 4.39 Å². The number of benzene rings is 1. The summed E-state index contributed by atoms with van der Waals surface area (Å²) in [4.78, 5) is 0. The van der Waals surface area contributed by atoms with Crippen LogP contribution >= 0.6 is 0 Å². The lowest BCUT2D eigenvalue weighted by molar-refractivity contribution is 0.470. The molecule has 2 aromatic rings. The molecule has 1 aromatic heterocycles. The second-order valence-electron chi connectivity index (χ2n) is 4.87. The fraction of sp³-hybridized carbons (Fsp3) is 0.429. The lowest BCUT2D eigenvalue weighted by Crippen LogP contribution is -2.07. The molecule has 1 heterocycles. The van der Waals surface area contributed by atoms with E-state index in [2.05, 4.69) is 19.2 Å². The van der Waals surface area contributed by atoms with Gasteiger partial charge in [0.05, 0.1) is 6.54 Å². The van der Waals surface area contributed by atoms with Gasteiger partial charge >= 0.3 is 0 Å². The lowest BCUT2D eigenvalue weighted by Gasteiger charge is -2.05. The van der Waals surface area contributed by atoms with Crippen LogP contribution in [0.15, 0.2) is 16.5 Å². The summed E-state index contributed by atoms with van der Waals surface area (Å²) in [5.74, 6) is -0.663. The third-order valence-electron chi connectivity index (χ3n) is 2.89. The Labute approximate surface area is 105 Å². The summed E-state index contributed by atoms with van der Waals surface area (Å²) in [7, 11) is 1.79. The molecular weight excluding hydrogens is 236 g/mol. The van der Waals surface area contributed by atoms with Crippen molar-refractivity contribution in [1.82, 2.24) is 5.32 Å². The number of halogens is 2. The van der Waals surface area contributed by atoms with Crippen molar-refractivity contribution in [2.75, 3.05) is 7.05 Å². The SMILES string of the molecule is CNCc1oc2c(F)c(F)ccc2c1CC(C)C. The van der Waals surface area contributed by atoms with E-state index in [1.54, 1.807) is 13.1 Å². The molecule has 0 saturated carbocycles. The van der Waals surface area contributed by atoms with Crippen molar-refractivity contribution in [2.45, 2.75) is 26.8 Å². The first-order chi connectivity index (χ1) is 8.54. The van der Waals surface area contributed by atoms with Crippen LogP contribution in [0.5, 0.6) is 0 Å². The van der Waals surface area contributed by atoms with Crippen LogP contribution in [0.25, 0.3) is 11.0 Å². The Balaban J connectivity index is 2.63. The summed E-state index contributed by atoms with van der Waals surface area (Å²) in [6.45, 7) is 4.68. The van der Waals surface area contributed by atoms with Gasteiger partial charge in [0, 0.05) is 10.9 Å². The van der Waals surface area contributed by atoms with Crippen LogP contribution in [0.4, 0.5) is 8.78 Å². The largest absolute Gasteiger partial charge is 0.456 e. The molecule has 0 amide bonds. The predicted octanol–water partition coefficient (Wildman–Crippen LogP) is 3.63. The molecular formula is C14H17F2NO. The lowest BCUT2D eigenvalue weighted by atomic mass is 9.99. The summed E-state index contributed by atoms with van der Waals surface area (Å²) in [6.07, 6.45) is 0.787. The van der Waals surface area contributed by atoms with Gasteiger partial charge in [0.2, 0.25) is 5.82 Å². The highest BCUT2D eigenvalue weighted by Crippen LogP contribution is 2.31. The highest BCUT2D eigenvalue weighted by molar-refractivity contribution is 5.83. The summed E-state index contributed by atoms with van der Waals surface area (Å²) in [5.41, 5.74) is 0.990. The number of fused-ring (bicyclic) bond motifs is 1. The molecule has 0 aliphatic rings. The van der Waals surface area contributed by atoms with Gasteiger partial charge in [0.15, 0.2) is 11.4 Å². The third kappa shape index (κ3) is 2.25. The molecule has 0 saturated heterocycles. The van der Waals surface area contributed by atoms with Crippen molar-refractivity contribution in [3.8, 4) is 0 Å². The molecule has 0 bridgehead atoms. The van der Waals surface area contributed by atoms with Crippen LogP contribution in [0, 0.1) is 17.6 Å². The average molecular weight is 253 g/mol. The molecule has 1 N–H and O–H groups in total. The molecule has 18 heavy (non-hydrogen) atoms. The monoisotopic (exact) mass is 253 g/mol. The van der Waals surface area contributed by atoms with Crippen LogP contribution in [0.3, 0.4) is 0 Å². The van der Waals surface area contributed by atoms with E-state index >= 15 is 0 Å². The highest BCUT2D eigenvalue weighted by Gasteiger charge is 2.19. The first-order valence-corrected chi connectivity index (χ1v) is 6.07. The number of rotatable bonds is 4. The smallest absolute Gasteiger partial charge is 0.201 e. The van der Waals surface area contributed by atoms with Gasteiger partial charge in [-0.1, -0.05) is 13.8 Å². The van der Waals surface area contributed by atoms with Crippen LogP contribution in [0.1, 0.15) is 25.2 Å². The first-order valence-electron chi connectivity index (χ1n) is 6.07. The summed E-state index contributed by atoms with van der Waals surface area (Å²) in [6, 6.07) is 2.74. The topological polar surface area (TPSA) is 25.2 Å². The minimum absolute atomic E-state index is 0.0240. The van der Waals surface area contributed by atoms with Crippen LogP contribution in [-0.2, 0) is 13.0 Å². The van der Waals surface area contributed by atoms with Crippen LogP contribution in [0.2, 0.25) is 0 Å². The number of nitrogens with one attached hydrogen (secondary N) is 1. The van der Waals surface area contributed by atoms with E-state index in [0.717, 1.165) is 18.1 Å².